The molecule has 2 heterocycles. The fourth-order valence-electron chi connectivity index (χ4n) is 2.66. The van der Waals surface area contributed by atoms with Gasteiger partial charge in [-0.15, -0.1) is 0 Å². The van der Waals surface area contributed by atoms with Crippen molar-refractivity contribution in [1.29, 1.82) is 0 Å². The Hall–Kier alpha value is -1.77. The van der Waals surface area contributed by atoms with Crippen molar-refractivity contribution in [3.63, 3.8) is 0 Å². The third-order valence-corrected chi connectivity index (χ3v) is 5.79. The summed E-state index contributed by atoms with van der Waals surface area (Å²) in [5.41, 5.74) is 0.400. The molecule has 7 nitrogen and oxygen atoms in total. The molecule has 2 aliphatic heterocycles. The molecule has 1 aromatic carbocycles. The largest absolute Gasteiger partial charge is 0.361 e. The number of nitrogens with zero attached hydrogens (tertiary/aromatic N) is 2. The van der Waals surface area contributed by atoms with Crippen molar-refractivity contribution in [3.05, 3.63) is 24.3 Å². The van der Waals surface area contributed by atoms with Crippen LogP contribution in [0.15, 0.2) is 29.2 Å². The smallest absolute Gasteiger partial charge is 0.245 e. The van der Waals surface area contributed by atoms with Crippen LogP contribution in [-0.2, 0) is 24.3 Å². The predicted molar refractivity (Wildman–Crippen MR) is 77.5 cm³/mol. The summed E-state index contributed by atoms with van der Waals surface area (Å²) in [5.74, 6) is -0.524. The van der Waals surface area contributed by atoms with Gasteiger partial charge in [0, 0.05) is 19.4 Å². The third-order valence-electron chi connectivity index (χ3n) is 3.83. The van der Waals surface area contributed by atoms with Gasteiger partial charge in [0.1, 0.15) is 6.23 Å². The van der Waals surface area contributed by atoms with Crippen LogP contribution in [0, 0.1) is 0 Å². The zero-order valence-electron chi connectivity index (χ0n) is 12.1. The molecule has 0 spiro atoms. The molecule has 2 fully saturated rings. The van der Waals surface area contributed by atoms with Gasteiger partial charge in [-0.05, 0) is 31.2 Å². The summed E-state index contributed by atoms with van der Waals surface area (Å²) in [7, 11) is -3.64. The molecule has 0 aromatic heterocycles. The predicted octanol–water partition coefficient (Wildman–Crippen LogP) is 0.707. The number of benzene rings is 1. The van der Waals surface area contributed by atoms with Crippen molar-refractivity contribution in [1.82, 2.24) is 4.31 Å². The number of anilines is 1. The quantitative estimate of drug-likeness (QED) is 0.765. The Bertz CT molecular complexity index is 697. The van der Waals surface area contributed by atoms with Gasteiger partial charge in [0.25, 0.3) is 0 Å². The average Bonchev–Trinajstić information content (AvgIpc) is 3.06. The van der Waals surface area contributed by atoms with E-state index in [0.29, 0.717) is 18.8 Å². The summed E-state index contributed by atoms with van der Waals surface area (Å²) >= 11 is 0. The van der Waals surface area contributed by atoms with Crippen molar-refractivity contribution in [2.24, 2.45) is 0 Å². The molecule has 2 aliphatic rings. The SMILES string of the molecule is CC1OCCN1S(=O)(=O)c1ccc(N2C(=O)CCC2=O)cc1. The first-order valence-electron chi connectivity index (χ1n) is 7.00. The van der Waals surface area contributed by atoms with E-state index in [0.717, 1.165) is 4.90 Å². The summed E-state index contributed by atoms with van der Waals surface area (Å²) in [6.45, 7) is 2.37. The Morgan fingerprint density at radius 3 is 2.18 bits per heavy atom. The fraction of sp³-hybridized carbons (Fsp3) is 0.429. The molecule has 0 saturated carbocycles. The molecule has 1 aromatic rings. The molecule has 2 saturated heterocycles. The number of carbonyl (C=O) groups is 2. The molecule has 0 N–H and O–H groups in total. The molecule has 2 amide bonds. The second kappa shape index (κ2) is 5.45. The Labute approximate surface area is 128 Å². The van der Waals surface area contributed by atoms with E-state index in [9.17, 15) is 18.0 Å². The summed E-state index contributed by atoms with van der Waals surface area (Å²) in [4.78, 5) is 24.6. The number of imide groups is 1. The first-order valence-corrected chi connectivity index (χ1v) is 8.44. The minimum Gasteiger partial charge on any atom is -0.361 e. The van der Waals surface area contributed by atoms with E-state index in [4.69, 9.17) is 4.74 Å². The monoisotopic (exact) mass is 324 g/mol. The lowest BCUT2D eigenvalue weighted by Gasteiger charge is -2.20. The van der Waals surface area contributed by atoms with Crippen molar-refractivity contribution in [3.8, 4) is 0 Å². The zero-order valence-corrected chi connectivity index (χ0v) is 12.9. The second-order valence-electron chi connectivity index (χ2n) is 5.20. The van der Waals surface area contributed by atoms with Crippen LogP contribution in [-0.4, -0.2) is 43.9 Å². The maximum atomic E-state index is 12.5. The fourth-order valence-corrected chi connectivity index (χ4v) is 4.18. The zero-order chi connectivity index (χ0) is 15.9. The van der Waals surface area contributed by atoms with Crippen molar-refractivity contribution < 1.29 is 22.7 Å². The van der Waals surface area contributed by atoms with Gasteiger partial charge < -0.3 is 4.74 Å². The van der Waals surface area contributed by atoms with E-state index in [1.807, 2.05) is 0 Å². The average molecular weight is 324 g/mol. The summed E-state index contributed by atoms with van der Waals surface area (Å²) in [5, 5.41) is 0. The van der Waals surface area contributed by atoms with E-state index in [-0.39, 0.29) is 29.6 Å². The molecule has 3 rings (SSSR count). The first-order chi connectivity index (χ1) is 10.4. The molecule has 0 bridgehead atoms. The van der Waals surface area contributed by atoms with Crippen LogP contribution >= 0.6 is 0 Å². The van der Waals surface area contributed by atoms with Crippen LogP contribution in [0.5, 0.6) is 0 Å². The molecular weight excluding hydrogens is 308 g/mol. The Morgan fingerprint density at radius 1 is 1.09 bits per heavy atom. The van der Waals surface area contributed by atoms with Crippen LogP contribution < -0.4 is 4.90 Å². The molecule has 0 aliphatic carbocycles. The number of amides is 2. The van der Waals surface area contributed by atoms with Crippen LogP contribution in [0.4, 0.5) is 5.69 Å². The first kappa shape index (κ1) is 15.1. The maximum Gasteiger partial charge on any atom is 0.245 e. The molecule has 118 valence electrons. The van der Waals surface area contributed by atoms with Gasteiger partial charge in [-0.3, -0.25) is 14.5 Å². The molecule has 1 atom stereocenters. The van der Waals surface area contributed by atoms with Crippen LogP contribution in [0.25, 0.3) is 0 Å². The molecule has 22 heavy (non-hydrogen) atoms. The van der Waals surface area contributed by atoms with Gasteiger partial charge in [0.05, 0.1) is 17.2 Å². The van der Waals surface area contributed by atoms with E-state index in [2.05, 4.69) is 0 Å². The van der Waals surface area contributed by atoms with E-state index >= 15 is 0 Å². The number of hydrogen-bond acceptors (Lipinski definition) is 5. The number of rotatable bonds is 3. The summed E-state index contributed by atoms with van der Waals surface area (Å²) in [6, 6.07) is 5.79. The van der Waals surface area contributed by atoms with Gasteiger partial charge in [0.2, 0.25) is 21.8 Å². The van der Waals surface area contributed by atoms with Crippen molar-refractivity contribution >= 4 is 27.5 Å². The van der Waals surface area contributed by atoms with Crippen molar-refractivity contribution in [2.75, 3.05) is 18.1 Å². The Balaban J connectivity index is 1.88. The lowest BCUT2D eigenvalue weighted by molar-refractivity contribution is -0.121. The van der Waals surface area contributed by atoms with Gasteiger partial charge >= 0.3 is 0 Å². The van der Waals surface area contributed by atoms with Crippen LogP contribution in [0.1, 0.15) is 19.8 Å². The normalized spacial score (nSPS) is 23.5. The lowest BCUT2D eigenvalue weighted by atomic mass is 10.3. The van der Waals surface area contributed by atoms with Gasteiger partial charge in [-0.25, -0.2) is 8.42 Å². The highest BCUT2D eigenvalue weighted by atomic mass is 32.2. The molecule has 8 heteroatoms. The van der Waals surface area contributed by atoms with Crippen LogP contribution in [0.3, 0.4) is 0 Å². The van der Waals surface area contributed by atoms with Crippen LogP contribution in [0.2, 0.25) is 0 Å². The maximum absolute atomic E-state index is 12.5. The highest BCUT2D eigenvalue weighted by Gasteiger charge is 2.34. The number of sulfonamides is 1. The van der Waals surface area contributed by atoms with Crippen molar-refractivity contribution in [2.45, 2.75) is 30.9 Å². The number of ether oxygens (including phenoxy) is 1. The lowest BCUT2D eigenvalue weighted by Crippen LogP contribution is -2.34. The van der Waals surface area contributed by atoms with E-state index in [1.165, 1.54) is 28.6 Å². The summed E-state index contributed by atoms with van der Waals surface area (Å²) in [6.07, 6.45) is -0.102. The second-order valence-corrected chi connectivity index (χ2v) is 7.09. The minimum atomic E-state index is -3.64. The Kier molecular flexibility index (Phi) is 3.75. The van der Waals surface area contributed by atoms with E-state index in [1.54, 1.807) is 6.92 Å². The Morgan fingerprint density at radius 2 is 1.68 bits per heavy atom. The number of hydrogen-bond donors (Lipinski definition) is 0. The molecule has 0 radical (unpaired) electrons. The summed E-state index contributed by atoms with van der Waals surface area (Å²) < 4.78 is 31.6. The van der Waals surface area contributed by atoms with Gasteiger partial charge in [-0.2, -0.15) is 4.31 Å². The highest BCUT2D eigenvalue weighted by Crippen LogP contribution is 2.26. The highest BCUT2D eigenvalue weighted by molar-refractivity contribution is 7.89. The molecular formula is C14H16N2O5S. The van der Waals surface area contributed by atoms with Gasteiger partial charge in [0.15, 0.2) is 0 Å². The number of carbonyl (C=O) groups excluding carboxylic acids is 2. The minimum absolute atomic E-state index is 0.118. The topological polar surface area (TPSA) is 84.0 Å². The molecule has 1 unspecified atom stereocenters. The van der Waals surface area contributed by atoms with Gasteiger partial charge in [-0.1, -0.05) is 0 Å². The third kappa shape index (κ3) is 2.43. The van der Waals surface area contributed by atoms with E-state index < -0.39 is 16.3 Å². The standard InChI is InChI=1S/C14H16N2O5S/c1-10-15(8-9-21-10)22(19,20)12-4-2-11(3-5-12)16-13(17)6-7-14(16)18/h2-5,10H,6-9H2,1H3.